The molecule has 1 atom stereocenters. The number of fused-ring (bicyclic) bond motifs is 3. The first-order chi connectivity index (χ1) is 12.1. The van der Waals surface area contributed by atoms with E-state index in [2.05, 4.69) is 10.6 Å². The normalized spacial score (nSPS) is 20.7. The molecule has 0 fully saturated rings. The summed E-state index contributed by atoms with van der Waals surface area (Å²) in [6, 6.07) is 6.45. The molecule has 0 saturated heterocycles. The summed E-state index contributed by atoms with van der Waals surface area (Å²) in [6.07, 6.45) is -4.54. The van der Waals surface area contributed by atoms with E-state index in [1.807, 2.05) is 0 Å². The molecule has 0 bridgehead atoms. The zero-order valence-corrected chi connectivity index (χ0v) is 13.2. The van der Waals surface area contributed by atoms with E-state index in [-0.39, 0.29) is 22.6 Å². The molecule has 134 valence electrons. The van der Waals surface area contributed by atoms with E-state index >= 15 is 0 Å². The molecule has 9 heteroatoms. The Labute approximate surface area is 144 Å². The number of amides is 2. The number of anilines is 3. The molecular formula is C17H11F4N3O2. The summed E-state index contributed by atoms with van der Waals surface area (Å²) in [5, 5.41) is 5.61. The molecule has 5 nitrogen and oxygen atoms in total. The molecule has 4 rings (SSSR count). The van der Waals surface area contributed by atoms with Crippen molar-refractivity contribution in [3.8, 4) is 0 Å². The number of nitrogens with zero attached hydrogens (tertiary/aromatic N) is 1. The third-order valence-corrected chi connectivity index (χ3v) is 4.43. The van der Waals surface area contributed by atoms with Crippen molar-refractivity contribution in [1.82, 2.24) is 0 Å². The van der Waals surface area contributed by atoms with Crippen LogP contribution in [0.15, 0.2) is 36.4 Å². The Bertz CT molecular complexity index is 973. The molecule has 26 heavy (non-hydrogen) atoms. The fourth-order valence-corrected chi connectivity index (χ4v) is 3.32. The van der Waals surface area contributed by atoms with Crippen molar-refractivity contribution in [2.75, 3.05) is 15.5 Å². The van der Waals surface area contributed by atoms with Crippen LogP contribution < -0.4 is 15.5 Å². The molecule has 2 aromatic carbocycles. The third kappa shape index (κ3) is 2.09. The van der Waals surface area contributed by atoms with Crippen LogP contribution in [0.2, 0.25) is 0 Å². The van der Waals surface area contributed by atoms with Crippen molar-refractivity contribution in [2.24, 2.45) is 0 Å². The lowest BCUT2D eigenvalue weighted by Gasteiger charge is -2.24. The second-order valence-corrected chi connectivity index (χ2v) is 6.08. The average Bonchev–Trinajstić information content (AvgIpc) is 3.02. The van der Waals surface area contributed by atoms with Gasteiger partial charge in [-0.05, 0) is 36.4 Å². The Kier molecular flexibility index (Phi) is 3.13. The molecule has 0 aromatic heterocycles. The van der Waals surface area contributed by atoms with Gasteiger partial charge in [-0.3, -0.25) is 9.59 Å². The Morgan fingerprint density at radius 3 is 2.42 bits per heavy atom. The van der Waals surface area contributed by atoms with Gasteiger partial charge in [-0.25, -0.2) is 9.29 Å². The highest BCUT2D eigenvalue weighted by atomic mass is 19.4. The fourth-order valence-electron chi connectivity index (χ4n) is 3.32. The second kappa shape index (κ2) is 4.96. The minimum atomic E-state index is -4.54. The Morgan fingerprint density at radius 1 is 1.08 bits per heavy atom. The number of rotatable bonds is 0. The third-order valence-electron chi connectivity index (χ3n) is 4.43. The Morgan fingerprint density at radius 2 is 1.77 bits per heavy atom. The van der Waals surface area contributed by atoms with Crippen molar-refractivity contribution in [1.29, 1.82) is 0 Å². The number of imide groups is 1. The van der Waals surface area contributed by atoms with Crippen LogP contribution in [0.3, 0.4) is 0 Å². The zero-order chi connectivity index (χ0) is 18.9. The van der Waals surface area contributed by atoms with E-state index in [4.69, 9.17) is 0 Å². The number of carbonyl (C=O) groups is 2. The van der Waals surface area contributed by atoms with Crippen molar-refractivity contribution in [3.05, 3.63) is 53.3 Å². The summed E-state index contributed by atoms with van der Waals surface area (Å²) < 4.78 is 52.5. The molecule has 0 saturated carbocycles. The largest absolute Gasteiger partial charge is 0.416 e. The van der Waals surface area contributed by atoms with E-state index in [1.54, 1.807) is 0 Å². The number of benzene rings is 2. The van der Waals surface area contributed by atoms with Crippen molar-refractivity contribution >= 4 is 28.9 Å². The van der Waals surface area contributed by atoms with Crippen molar-refractivity contribution in [2.45, 2.75) is 18.8 Å². The van der Waals surface area contributed by atoms with Crippen LogP contribution in [-0.2, 0) is 21.4 Å². The van der Waals surface area contributed by atoms with Crippen LogP contribution in [0, 0.1) is 5.82 Å². The summed E-state index contributed by atoms with van der Waals surface area (Å²) in [5.41, 5.74) is -1.91. The Balaban J connectivity index is 1.85. The van der Waals surface area contributed by atoms with Crippen LogP contribution in [0.5, 0.6) is 0 Å². The highest BCUT2D eigenvalue weighted by Gasteiger charge is 2.56. The highest BCUT2D eigenvalue weighted by molar-refractivity contribution is 6.24. The number of alkyl halides is 3. The van der Waals surface area contributed by atoms with E-state index in [1.165, 1.54) is 12.1 Å². The number of carbonyl (C=O) groups excluding carboxylic acids is 2. The molecular weight excluding hydrogens is 354 g/mol. The van der Waals surface area contributed by atoms with Gasteiger partial charge in [-0.15, -0.1) is 0 Å². The molecule has 2 aliphatic rings. The number of hydrogen-bond donors (Lipinski definition) is 2. The van der Waals surface area contributed by atoms with Gasteiger partial charge in [0.25, 0.3) is 5.91 Å². The maximum absolute atomic E-state index is 13.6. The van der Waals surface area contributed by atoms with Gasteiger partial charge >= 0.3 is 6.18 Å². The zero-order valence-electron chi connectivity index (χ0n) is 13.2. The molecule has 1 spiro atoms. The number of halogens is 4. The van der Waals surface area contributed by atoms with Crippen LogP contribution in [0.4, 0.5) is 34.6 Å². The van der Waals surface area contributed by atoms with E-state index < -0.39 is 35.0 Å². The van der Waals surface area contributed by atoms with Gasteiger partial charge in [0.2, 0.25) is 11.6 Å². The minimum absolute atomic E-state index is 0.0475. The van der Waals surface area contributed by atoms with Gasteiger partial charge in [-0.2, -0.15) is 13.2 Å². The van der Waals surface area contributed by atoms with Crippen molar-refractivity contribution < 1.29 is 27.2 Å². The van der Waals surface area contributed by atoms with Crippen LogP contribution in [-0.4, -0.2) is 11.8 Å². The van der Waals surface area contributed by atoms with E-state index in [9.17, 15) is 27.2 Å². The summed E-state index contributed by atoms with van der Waals surface area (Å²) in [5.74, 6) is -2.01. The molecule has 0 aliphatic carbocycles. The van der Waals surface area contributed by atoms with Gasteiger partial charge in [0.15, 0.2) is 0 Å². The maximum Gasteiger partial charge on any atom is 0.416 e. The predicted octanol–water partition coefficient (Wildman–Crippen LogP) is 3.43. The predicted molar refractivity (Wildman–Crippen MR) is 84.9 cm³/mol. The van der Waals surface area contributed by atoms with Gasteiger partial charge < -0.3 is 10.6 Å². The van der Waals surface area contributed by atoms with Gasteiger partial charge in [-0.1, -0.05) is 0 Å². The first-order valence-corrected chi connectivity index (χ1v) is 7.56. The maximum atomic E-state index is 13.6. The van der Waals surface area contributed by atoms with E-state index in [0.717, 1.165) is 36.1 Å². The lowest BCUT2D eigenvalue weighted by Crippen LogP contribution is -2.49. The van der Waals surface area contributed by atoms with Gasteiger partial charge in [0, 0.05) is 12.5 Å². The van der Waals surface area contributed by atoms with Crippen LogP contribution in [0.1, 0.15) is 18.1 Å². The lowest BCUT2D eigenvalue weighted by atomic mass is 10.0. The van der Waals surface area contributed by atoms with E-state index in [0.29, 0.717) is 0 Å². The second-order valence-electron chi connectivity index (χ2n) is 6.08. The SMILES string of the molecule is CC(=O)N1C(=O)C2(Nc3ccc(C(F)(F)F)cc3N2)c2ccc(F)cc21. The number of nitrogens with one attached hydrogen (secondary N) is 2. The summed E-state index contributed by atoms with van der Waals surface area (Å²) >= 11 is 0. The molecule has 2 aliphatic heterocycles. The first-order valence-electron chi connectivity index (χ1n) is 7.56. The topological polar surface area (TPSA) is 61.4 Å². The monoisotopic (exact) mass is 365 g/mol. The fraction of sp³-hybridized carbons (Fsp3) is 0.176. The van der Waals surface area contributed by atoms with Gasteiger partial charge in [0.1, 0.15) is 5.82 Å². The lowest BCUT2D eigenvalue weighted by molar-refractivity contribution is -0.137. The number of hydrogen-bond acceptors (Lipinski definition) is 4. The average molecular weight is 365 g/mol. The van der Waals surface area contributed by atoms with Gasteiger partial charge in [0.05, 0.1) is 22.6 Å². The summed E-state index contributed by atoms with van der Waals surface area (Å²) in [7, 11) is 0. The minimum Gasteiger partial charge on any atom is -0.349 e. The molecule has 2 amide bonds. The smallest absolute Gasteiger partial charge is 0.349 e. The van der Waals surface area contributed by atoms with Crippen LogP contribution in [0.25, 0.3) is 0 Å². The summed E-state index contributed by atoms with van der Waals surface area (Å²) in [6.45, 7) is 1.15. The molecule has 0 radical (unpaired) electrons. The highest BCUT2D eigenvalue weighted by Crippen LogP contribution is 2.49. The molecule has 2 heterocycles. The summed E-state index contributed by atoms with van der Waals surface area (Å²) in [4.78, 5) is 25.6. The Hall–Kier alpha value is -3.10. The first kappa shape index (κ1) is 16.4. The molecule has 2 N–H and O–H groups in total. The molecule has 2 aromatic rings. The quantitative estimate of drug-likeness (QED) is 0.703. The van der Waals surface area contributed by atoms with Crippen LogP contribution >= 0.6 is 0 Å². The molecule has 1 unspecified atom stereocenters. The van der Waals surface area contributed by atoms with Crippen molar-refractivity contribution in [3.63, 3.8) is 0 Å². The standard InChI is InChI=1S/C17H11F4N3O2/c1-8(25)24-14-7-10(18)3-4-11(14)16(15(24)26)22-12-5-2-9(17(19,20)21)6-13(12)23-16/h2-7,22-23H,1H3.